The van der Waals surface area contributed by atoms with Gasteiger partial charge in [-0.3, -0.25) is 9.78 Å². The van der Waals surface area contributed by atoms with Gasteiger partial charge >= 0.3 is 0 Å². The van der Waals surface area contributed by atoms with Gasteiger partial charge in [0.05, 0.1) is 17.6 Å². The molecule has 0 fully saturated rings. The molecule has 0 radical (unpaired) electrons. The van der Waals surface area contributed by atoms with Crippen LogP contribution in [0.2, 0.25) is 0 Å². The van der Waals surface area contributed by atoms with Crippen molar-refractivity contribution >= 4 is 28.6 Å². The van der Waals surface area contributed by atoms with Gasteiger partial charge in [-0.2, -0.15) is 0 Å². The molecule has 0 aliphatic carbocycles. The third-order valence-electron chi connectivity index (χ3n) is 4.55. The van der Waals surface area contributed by atoms with Crippen LogP contribution < -0.4 is 15.4 Å². The number of aliphatic hydroxyl groups excluding tert-OH is 1. The quantitative estimate of drug-likeness (QED) is 0.423. The van der Waals surface area contributed by atoms with Gasteiger partial charge in [-0.25, -0.2) is 9.37 Å². The van der Waals surface area contributed by atoms with Gasteiger partial charge in [-0.05, 0) is 42.5 Å². The van der Waals surface area contributed by atoms with Gasteiger partial charge in [0.1, 0.15) is 23.0 Å². The largest absolute Gasteiger partial charge is 0.457 e. The Morgan fingerprint density at radius 3 is 2.68 bits per heavy atom. The third-order valence-corrected chi connectivity index (χ3v) is 4.55. The molecule has 0 atom stereocenters. The van der Waals surface area contributed by atoms with Gasteiger partial charge in [0, 0.05) is 37.6 Å². The molecule has 0 spiro atoms. The second kappa shape index (κ2) is 8.80. The van der Waals surface area contributed by atoms with E-state index in [1.54, 1.807) is 30.3 Å². The first-order valence-corrected chi connectivity index (χ1v) is 9.55. The predicted molar refractivity (Wildman–Crippen MR) is 114 cm³/mol. The first-order valence-electron chi connectivity index (χ1n) is 9.55. The van der Waals surface area contributed by atoms with E-state index in [0.717, 1.165) is 11.2 Å². The average molecular weight is 421 g/mol. The van der Waals surface area contributed by atoms with Crippen molar-refractivity contribution < 1.29 is 19.0 Å². The third kappa shape index (κ3) is 4.62. The van der Waals surface area contributed by atoms with Crippen LogP contribution in [0.1, 0.15) is 10.5 Å². The number of hydrogen-bond acceptors (Lipinski definition) is 6. The first kappa shape index (κ1) is 20.3. The molecular formula is C22H20FN5O3. The fourth-order valence-corrected chi connectivity index (χ4v) is 3.01. The maximum Gasteiger partial charge on any atom is 0.270 e. The lowest BCUT2D eigenvalue weighted by atomic mass is 10.3. The van der Waals surface area contributed by atoms with Crippen LogP contribution in [0.4, 0.5) is 16.0 Å². The van der Waals surface area contributed by atoms with E-state index in [1.807, 2.05) is 17.7 Å². The Morgan fingerprint density at radius 1 is 1.13 bits per heavy atom. The van der Waals surface area contributed by atoms with Crippen LogP contribution in [-0.2, 0) is 7.05 Å². The highest BCUT2D eigenvalue weighted by atomic mass is 19.1. The normalized spacial score (nSPS) is 10.8. The van der Waals surface area contributed by atoms with Gasteiger partial charge in [-0.15, -0.1) is 0 Å². The number of ether oxygens (including phenoxy) is 1. The predicted octanol–water partition coefficient (Wildman–Crippen LogP) is 3.37. The van der Waals surface area contributed by atoms with Gasteiger partial charge in [0.25, 0.3) is 5.91 Å². The van der Waals surface area contributed by atoms with Crippen molar-refractivity contribution in [2.75, 3.05) is 18.5 Å². The minimum atomic E-state index is -0.392. The van der Waals surface area contributed by atoms with Crippen molar-refractivity contribution in [3.63, 3.8) is 0 Å². The van der Waals surface area contributed by atoms with E-state index in [4.69, 9.17) is 9.84 Å². The van der Waals surface area contributed by atoms with Crippen molar-refractivity contribution in [2.24, 2.45) is 7.05 Å². The number of nitrogens with one attached hydrogen (secondary N) is 2. The molecule has 0 bridgehead atoms. The number of aliphatic hydroxyl groups is 1. The summed E-state index contributed by atoms with van der Waals surface area (Å²) < 4.78 is 20.9. The fraction of sp³-hybridized carbons (Fsp3) is 0.136. The van der Waals surface area contributed by atoms with Crippen molar-refractivity contribution in [1.82, 2.24) is 19.9 Å². The van der Waals surface area contributed by atoms with E-state index in [2.05, 4.69) is 20.6 Å². The monoisotopic (exact) mass is 421 g/mol. The van der Waals surface area contributed by atoms with Crippen molar-refractivity contribution in [1.29, 1.82) is 0 Å². The van der Waals surface area contributed by atoms with Crippen LogP contribution >= 0.6 is 0 Å². The number of carbonyl (C=O) groups is 1. The number of hydrogen-bond donors (Lipinski definition) is 3. The maximum atomic E-state index is 13.1. The summed E-state index contributed by atoms with van der Waals surface area (Å²) in [4.78, 5) is 20.6. The molecule has 8 nitrogen and oxygen atoms in total. The molecule has 1 amide bonds. The van der Waals surface area contributed by atoms with Crippen LogP contribution in [0.15, 0.2) is 60.8 Å². The summed E-state index contributed by atoms with van der Waals surface area (Å²) >= 11 is 0. The Hall–Kier alpha value is -3.98. The fourth-order valence-electron chi connectivity index (χ4n) is 3.01. The SMILES string of the molecule is Cn1c(Nc2ccc(F)cc2)nc2cc(Oc3ccnc(C(=O)NCCO)c3)ccc21. The summed E-state index contributed by atoms with van der Waals surface area (Å²) in [5.41, 5.74) is 2.51. The van der Waals surface area contributed by atoms with Gasteiger partial charge in [0.15, 0.2) is 0 Å². The topological polar surface area (TPSA) is 101 Å². The van der Waals surface area contributed by atoms with Gasteiger partial charge in [-0.1, -0.05) is 0 Å². The van der Waals surface area contributed by atoms with Gasteiger partial charge < -0.3 is 25.0 Å². The van der Waals surface area contributed by atoms with Crippen LogP contribution in [0.25, 0.3) is 11.0 Å². The smallest absolute Gasteiger partial charge is 0.270 e. The number of carbonyl (C=O) groups excluding carboxylic acids is 1. The Labute approximate surface area is 177 Å². The summed E-state index contributed by atoms with van der Waals surface area (Å²) in [7, 11) is 1.88. The number of anilines is 2. The Bertz CT molecular complexity index is 1220. The number of rotatable bonds is 7. The standard InChI is InChI=1S/C22H20FN5O3/c1-28-20-7-6-16(31-17-8-9-24-19(13-17)21(30)25-10-11-29)12-18(20)27-22(28)26-15-4-2-14(23)3-5-15/h2-9,12-13,29H,10-11H2,1H3,(H,25,30)(H,26,27). The number of fused-ring (bicyclic) bond motifs is 1. The summed E-state index contributed by atoms with van der Waals surface area (Å²) in [5.74, 6) is 0.903. The lowest BCUT2D eigenvalue weighted by Gasteiger charge is -2.08. The minimum Gasteiger partial charge on any atom is -0.457 e. The molecule has 4 rings (SSSR count). The summed E-state index contributed by atoms with van der Waals surface area (Å²) in [5, 5.41) is 14.5. The summed E-state index contributed by atoms with van der Waals surface area (Å²) in [6.07, 6.45) is 1.48. The Kier molecular flexibility index (Phi) is 5.76. The van der Waals surface area contributed by atoms with Gasteiger partial charge in [0.2, 0.25) is 5.95 Å². The van der Waals surface area contributed by atoms with E-state index in [-0.39, 0.29) is 24.7 Å². The second-order valence-corrected chi connectivity index (χ2v) is 6.74. The number of halogens is 1. The van der Waals surface area contributed by atoms with Crippen molar-refractivity contribution in [3.8, 4) is 11.5 Å². The molecule has 3 N–H and O–H groups in total. The number of aryl methyl sites for hydroxylation is 1. The molecule has 4 aromatic rings. The second-order valence-electron chi connectivity index (χ2n) is 6.74. The number of imidazole rings is 1. The minimum absolute atomic E-state index is 0.149. The zero-order valence-electron chi connectivity index (χ0n) is 16.7. The highest BCUT2D eigenvalue weighted by Gasteiger charge is 2.11. The molecule has 0 saturated carbocycles. The summed E-state index contributed by atoms with van der Waals surface area (Å²) in [6.45, 7) is 0.000256. The molecule has 9 heteroatoms. The Balaban J connectivity index is 1.54. The molecule has 2 aromatic carbocycles. The number of amides is 1. The number of aromatic nitrogens is 3. The molecule has 31 heavy (non-hydrogen) atoms. The van der Waals surface area contributed by atoms with Crippen LogP contribution in [0, 0.1) is 5.82 Å². The molecule has 0 aliphatic heterocycles. The zero-order chi connectivity index (χ0) is 21.8. The lowest BCUT2D eigenvalue weighted by Crippen LogP contribution is -2.27. The van der Waals surface area contributed by atoms with E-state index in [1.165, 1.54) is 24.4 Å². The average Bonchev–Trinajstić information content (AvgIpc) is 3.08. The van der Waals surface area contributed by atoms with Crippen LogP contribution in [0.5, 0.6) is 11.5 Å². The molecule has 0 unspecified atom stereocenters. The molecular weight excluding hydrogens is 401 g/mol. The van der Waals surface area contributed by atoms with Crippen molar-refractivity contribution in [3.05, 3.63) is 72.3 Å². The molecule has 0 aliphatic rings. The number of benzene rings is 2. The molecule has 2 aromatic heterocycles. The number of pyridine rings is 1. The highest BCUT2D eigenvalue weighted by molar-refractivity contribution is 5.92. The zero-order valence-corrected chi connectivity index (χ0v) is 16.7. The highest BCUT2D eigenvalue weighted by Crippen LogP contribution is 2.28. The molecule has 2 heterocycles. The van der Waals surface area contributed by atoms with E-state index >= 15 is 0 Å². The lowest BCUT2D eigenvalue weighted by molar-refractivity contribution is 0.0939. The molecule has 158 valence electrons. The van der Waals surface area contributed by atoms with Crippen LogP contribution in [0.3, 0.4) is 0 Å². The van der Waals surface area contributed by atoms with Crippen molar-refractivity contribution in [2.45, 2.75) is 0 Å². The van der Waals surface area contributed by atoms with E-state index < -0.39 is 5.91 Å². The van der Waals surface area contributed by atoms with Crippen LogP contribution in [-0.4, -0.2) is 38.7 Å². The van der Waals surface area contributed by atoms with E-state index in [0.29, 0.717) is 23.0 Å². The Morgan fingerprint density at radius 2 is 1.90 bits per heavy atom. The summed E-state index contributed by atoms with van der Waals surface area (Å²) in [6, 6.07) is 14.7. The van der Waals surface area contributed by atoms with E-state index in [9.17, 15) is 9.18 Å². The first-order chi connectivity index (χ1) is 15.0. The maximum absolute atomic E-state index is 13.1. The number of nitrogens with zero attached hydrogens (tertiary/aromatic N) is 3. The molecule has 0 saturated heterocycles.